The highest BCUT2D eigenvalue weighted by atomic mass is 32.2. The maximum atomic E-state index is 12.7. The fourth-order valence-electron chi connectivity index (χ4n) is 6.85. The van der Waals surface area contributed by atoms with E-state index in [1.54, 1.807) is 20.8 Å². The molecule has 13 heteroatoms. The number of benzene rings is 4. The molecular formula is C43H49N5O7S. The number of carbonyl (C=O) groups excluding carboxylic acids is 1. The molecule has 6 rings (SSSR count). The molecule has 2 aromatic heterocycles. The molecule has 1 amide bonds. The molecule has 0 fully saturated rings. The number of carbonyl (C=O) groups is 1. The Kier molecular flexibility index (Phi) is 11.8. The summed E-state index contributed by atoms with van der Waals surface area (Å²) in [5.41, 5.74) is 2.41. The first-order valence-electron chi connectivity index (χ1n) is 18.6. The Hall–Kier alpha value is -5.34. The summed E-state index contributed by atoms with van der Waals surface area (Å²) in [7, 11) is -4.92. The van der Waals surface area contributed by atoms with Crippen molar-refractivity contribution in [2.75, 3.05) is 25.1 Å². The summed E-state index contributed by atoms with van der Waals surface area (Å²) in [6.07, 6.45) is -1.20. The van der Waals surface area contributed by atoms with E-state index in [4.69, 9.17) is 24.2 Å². The first-order chi connectivity index (χ1) is 26.6. The molecule has 6 aromatic rings. The average Bonchev–Trinajstić information content (AvgIpc) is 3.52. The molecule has 0 unspecified atom stereocenters. The van der Waals surface area contributed by atoms with Gasteiger partial charge in [0.15, 0.2) is 5.82 Å². The van der Waals surface area contributed by atoms with Gasteiger partial charge in [-0.1, -0.05) is 109 Å². The molecule has 294 valence electrons. The number of anilines is 1. The van der Waals surface area contributed by atoms with Crippen LogP contribution >= 0.6 is 0 Å². The quantitative estimate of drug-likeness (QED) is 0.0771. The Bertz CT molecular complexity index is 2280. The molecule has 0 atom stereocenters. The van der Waals surface area contributed by atoms with Gasteiger partial charge in [-0.3, -0.25) is 4.55 Å². The van der Waals surface area contributed by atoms with E-state index in [1.165, 1.54) is 0 Å². The van der Waals surface area contributed by atoms with Crippen LogP contribution in [0.15, 0.2) is 115 Å². The summed E-state index contributed by atoms with van der Waals surface area (Å²) in [6, 6.07) is 38.7. The van der Waals surface area contributed by atoms with E-state index in [0.717, 1.165) is 33.1 Å². The molecule has 2 N–H and O–H groups in total. The fourth-order valence-corrected chi connectivity index (χ4v) is 7.38. The van der Waals surface area contributed by atoms with E-state index in [1.807, 2.05) is 99.6 Å². The first kappa shape index (κ1) is 40.3. The average molecular weight is 780 g/mol. The molecule has 0 radical (unpaired) electrons. The van der Waals surface area contributed by atoms with Crippen LogP contribution in [-0.4, -0.2) is 68.9 Å². The van der Waals surface area contributed by atoms with Crippen molar-refractivity contribution in [3.8, 4) is 0 Å². The number of para-hydroxylation sites is 1. The third-order valence-electron chi connectivity index (χ3n) is 9.23. The van der Waals surface area contributed by atoms with Gasteiger partial charge in [-0.15, -0.1) is 0 Å². The molecule has 4 aromatic carbocycles. The van der Waals surface area contributed by atoms with Crippen LogP contribution in [-0.2, 0) is 43.2 Å². The molecule has 0 aliphatic rings. The SMILES string of the molecule is CCOCc1nc2c(NC(c3ccccc3)(c3ccccc3)c3ccccc3)nc3ccccc3c2n1CC(C)(C)OCCN(C(=O)OC(C)(C)C)S(=O)(=O)O. The minimum Gasteiger partial charge on any atom is -0.443 e. The van der Waals surface area contributed by atoms with Gasteiger partial charge < -0.3 is 24.1 Å². The second-order valence-electron chi connectivity index (χ2n) is 15.0. The van der Waals surface area contributed by atoms with Gasteiger partial charge in [0.25, 0.3) is 0 Å². The van der Waals surface area contributed by atoms with E-state index in [0.29, 0.717) is 23.8 Å². The van der Waals surface area contributed by atoms with Gasteiger partial charge in [-0.2, -0.15) is 12.7 Å². The van der Waals surface area contributed by atoms with Gasteiger partial charge in [0.2, 0.25) is 0 Å². The van der Waals surface area contributed by atoms with Crippen molar-refractivity contribution < 1.29 is 32.0 Å². The van der Waals surface area contributed by atoms with E-state index in [2.05, 4.69) is 46.3 Å². The van der Waals surface area contributed by atoms with Crippen molar-refractivity contribution in [3.05, 3.63) is 138 Å². The number of aromatic nitrogens is 3. The summed E-state index contributed by atoms with van der Waals surface area (Å²) >= 11 is 0. The van der Waals surface area contributed by atoms with Crippen LogP contribution in [0, 0.1) is 0 Å². The summed E-state index contributed by atoms with van der Waals surface area (Å²) < 4.78 is 54.0. The summed E-state index contributed by atoms with van der Waals surface area (Å²) in [4.78, 5) is 23.2. The van der Waals surface area contributed by atoms with Gasteiger partial charge in [0, 0.05) is 12.0 Å². The first-order valence-corrected chi connectivity index (χ1v) is 19.9. The molecule has 0 spiro atoms. The Labute approximate surface area is 328 Å². The van der Waals surface area contributed by atoms with Gasteiger partial charge in [-0.05, 0) is 64.3 Å². The Morgan fingerprint density at radius 3 is 1.86 bits per heavy atom. The molecule has 0 saturated heterocycles. The molecule has 0 aliphatic heterocycles. The number of fused-ring (bicyclic) bond motifs is 3. The third kappa shape index (κ3) is 8.87. The second-order valence-corrected chi connectivity index (χ2v) is 16.4. The molecule has 0 aliphatic carbocycles. The lowest BCUT2D eigenvalue weighted by Crippen LogP contribution is -2.43. The molecule has 2 heterocycles. The Morgan fingerprint density at radius 1 is 0.804 bits per heavy atom. The number of pyridine rings is 1. The topological polar surface area (TPSA) is 145 Å². The molecule has 0 bridgehead atoms. The van der Waals surface area contributed by atoms with Crippen LogP contribution in [0.1, 0.15) is 64.1 Å². The van der Waals surface area contributed by atoms with Crippen LogP contribution in [0.4, 0.5) is 10.6 Å². The Morgan fingerprint density at radius 2 is 1.34 bits per heavy atom. The van der Waals surface area contributed by atoms with Crippen LogP contribution < -0.4 is 5.32 Å². The number of ether oxygens (including phenoxy) is 3. The summed E-state index contributed by atoms with van der Waals surface area (Å²) in [5, 5.41) is 4.80. The maximum absolute atomic E-state index is 12.7. The summed E-state index contributed by atoms with van der Waals surface area (Å²) in [5.74, 6) is 1.20. The number of imidazole rings is 1. The lowest BCUT2D eigenvalue weighted by molar-refractivity contribution is -0.0354. The minimum absolute atomic E-state index is 0.200. The van der Waals surface area contributed by atoms with E-state index >= 15 is 0 Å². The fraction of sp³-hybridized carbons (Fsp3) is 0.326. The number of nitrogens with zero attached hydrogens (tertiary/aromatic N) is 4. The van der Waals surface area contributed by atoms with Crippen molar-refractivity contribution in [1.82, 2.24) is 18.8 Å². The van der Waals surface area contributed by atoms with E-state index < -0.39 is 39.7 Å². The van der Waals surface area contributed by atoms with E-state index in [-0.39, 0.29) is 24.1 Å². The van der Waals surface area contributed by atoms with Gasteiger partial charge >= 0.3 is 16.4 Å². The molecule has 0 saturated carbocycles. The van der Waals surface area contributed by atoms with Crippen LogP contribution in [0.5, 0.6) is 0 Å². The van der Waals surface area contributed by atoms with Crippen LogP contribution in [0.25, 0.3) is 21.9 Å². The lowest BCUT2D eigenvalue weighted by atomic mass is 9.77. The number of hydrogen-bond donors (Lipinski definition) is 2. The Balaban J connectivity index is 1.47. The standard InChI is InChI=1S/C43H49N5O7S/c1-7-53-29-36-45-37-38(47(36)30-42(5,6)54-28-27-48(56(50,51)52)40(49)55-41(2,3)4)34-25-17-18-26-35(34)44-39(37)46-43(31-19-11-8-12-20-31,32-21-13-9-14-22-32)33-23-15-10-16-24-33/h8-26H,7,27-30H2,1-6H3,(H,44,46)(H,50,51,52). The lowest BCUT2D eigenvalue weighted by Gasteiger charge is -2.37. The van der Waals surface area contributed by atoms with E-state index in [9.17, 15) is 17.8 Å². The zero-order valence-corrected chi connectivity index (χ0v) is 33.4. The number of nitrogens with one attached hydrogen (secondary N) is 1. The zero-order chi connectivity index (χ0) is 40.1. The van der Waals surface area contributed by atoms with Crippen molar-refractivity contribution in [1.29, 1.82) is 0 Å². The number of rotatable bonds is 15. The minimum atomic E-state index is -4.92. The van der Waals surface area contributed by atoms with Gasteiger partial charge in [-0.25, -0.2) is 14.8 Å². The molecule has 56 heavy (non-hydrogen) atoms. The third-order valence-corrected chi connectivity index (χ3v) is 10.1. The number of hydrogen-bond acceptors (Lipinski definition) is 9. The monoisotopic (exact) mass is 779 g/mol. The highest BCUT2D eigenvalue weighted by molar-refractivity contribution is 7.83. The summed E-state index contributed by atoms with van der Waals surface area (Å²) in [6.45, 7) is 10.7. The van der Waals surface area contributed by atoms with Crippen LogP contribution in [0.2, 0.25) is 0 Å². The van der Waals surface area contributed by atoms with Crippen molar-refractivity contribution in [2.24, 2.45) is 0 Å². The van der Waals surface area contributed by atoms with Crippen molar-refractivity contribution in [3.63, 3.8) is 0 Å². The molecule has 12 nitrogen and oxygen atoms in total. The van der Waals surface area contributed by atoms with Gasteiger partial charge in [0.1, 0.15) is 29.1 Å². The maximum Gasteiger partial charge on any atom is 0.425 e. The van der Waals surface area contributed by atoms with Crippen molar-refractivity contribution in [2.45, 2.75) is 71.4 Å². The predicted octanol–water partition coefficient (Wildman–Crippen LogP) is 8.36. The normalized spacial score (nSPS) is 12.6. The zero-order valence-electron chi connectivity index (χ0n) is 32.6. The smallest absolute Gasteiger partial charge is 0.425 e. The van der Waals surface area contributed by atoms with Crippen molar-refractivity contribution >= 4 is 44.2 Å². The number of amides is 1. The second kappa shape index (κ2) is 16.4. The predicted molar refractivity (Wildman–Crippen MR) is 218 cm³/mol. The molecular weight excluding hydrogens is 731 g/mol. The highest BCUT2D eigenvalue weighted by Crippen LogP contribution is 2.42. The van der Waals surface area contributed by atoms with Crippen LogP contribution in [0.3, 0.4) is 0 Å². The largest absolute Gasteiger partial charge is 0.443 e. The van der Waals surface area contributed by atoms with Gasteiger partial charge in [0.05, 0.1) is 36.3 Å². The highest BCUT2D eigenvalue weighted by Gasteiger charge is 2.38.